The van der Waals surface area contributed by atoms with E-state index in [4.69, 9.17) is 4.98 Å². The molecule has 1 aromatic heterocycles. The van der Waals surface area contributed by atoms with E-state index >= 15 is 0 Å². The molecule has 1 fully saturated rings. The Bertz CT molecular complexity index is 833. The van der Waals surface area contributed by atoms with Crippen molar-refractivity contribution < 1.29 is 9.59 Å². The van der Waals surface area contributed by atoms with Gasteiger partial charge in [-0.1, -0.05) is 44.2 Å². The van der Waals surface area contributed by atoms with Gasteiger partial charge in [-0.25, -0.2) is 9.97 Å². The Balaban J connectivity index is 1.83. The van der Waals surface area contributed by atoms with Crippen molar-refractivity contribution in [3.05, 3.63) is 47.8 Å². The number of fused-ring (bicyclic) bond motifs is 3. The molecule has 2 aliphatic rings. The predicted octanol–water partition coefficient (Wildman–Crippen LogP) is 3.39. The maximum Gasteiger partial charge on any atom is 0.159 e. The second-order valence-electron chi connectivity index (χ2n) is 7.63. The molecule has 0 radical (unpaired) electrons. The molecule has 25 heavy (non-hydrogen) atoms. The lowest BCUT2D eigenvalue weighted by Gasteiger charge is -2.49. The number of ketones is 1. The van der Waals surface area contributed by atoms with E-state index in [0.29, 0.717) is 12.2 Å². The molecule has 1 heterocycles. The van der Waals surface area contributed by atoms with Crippen molar-refractivity contribution >= 4 is 12.1 Å². The highest BCUT2D eigenvalue weighted by molar-refractivity contribution is 5.96. The van der Waals surface area contributed by atoms with Gasteiger partial charge in [0.25, 0.3) is 0 Å². The molecule has 0 N–H and O–H groups in total. The SMILES string of the molecule is C[C@@H]1C(=O)C(C=O)C[C@]2(C)c3nc(-c4ccccc4)ncc3CC[C@@H]12. The summed E-state index contributed by atoms with van der Waals surface area (Å²) in [4.78, 5) is 33.5. The van der Waals surface area contributed by atoms with Crippen molar-refractivity contribution in [1.29, 1.82) is 0 Å². The third kappa shape index (κ3) is 2.43. The zero-order valence-electron chi connectivity index (χ0n) is 14.6. The van der Waals surface area contributed by atoms with Crippen molar-refractivity contribution in [1.82, 2.24) is 9.97 Å². The van der Waals surface area contributed by atoms with Crippen molar-refractivity contribution in [2.45, 2.75) is 38.5 Å². The van der Waals surface area contributed by atoms with Crippen molar-refractivity contribution in [3.63, 3.8) is 0 Å². The molecule has 0 spiro atoms. The summed E-state index contributed by atoms with van der Waals surface area (Å²) in [7, 11) is 0. The molecule has 1 saturated carbocycles. The summed E-state index contributed by atoms with van der Waals surface area (Å²) >= 11 is 0. The van der Waals surface area contributed by atoms with Gasteiger partial charge in [-0.3, -0.25) is 4.79 Å². The Labute approximate surface area is 147 Å². The summed E-state index contributed by atoms with van der Waals surface area (Å²) in [5.41, 5.74) is 2.93. The minimum absolute atomic E-state index is 0.0956. The Morgan fingerprint density at radius 1 is 1.24 bits per heavy atom. The number of hydrogen-bond donors (Lipinski definition) is 0. The van der Waals surface area contributed by atoms with Gasteiger partial charge in [0.1, 0.15) is 12.1 Å². The second-order valence-corrected chi connectivity index (χ2v) is 7.63. The number of aldehydes is 1. The van der Waals surface area contributed by atoms with E-state index in [0.717, 1.165) is 35.9 Å². The normalized spacial score (nSPS) is 31.1. The van der Waals surface area contributed by atoms with E-state index in [1.807, 2.05) is 43.5 Å². The van der Waals surface area contributed by atoms with E-state index in [1.54, 1.807) is 0 Å². The molecule has 4 rings (SSSR count). The van der Waals surface area contributed by atoms with E-state index in [2.05, 4.69) is 11.9 Å². The van der Waals surface area contributed by atoms with E-state index in [-0.39, 0.29) is 23.0 Å². The highest BCUT2D eigenvalue weighted by Gasteiger charge is 2.52. The molecular formula is C21H22N2O2. The summed E-state index contributed by atoms with van der Waals surface area (Å²) < 4.78 is 0. The average Bonchev–Trinajstić information content (AvgIpc) is 2.65. The lowest BCUT2D eigenvalue weighted by Crippen LogP contribution is -2.51. The summed E-state index contributed by atoms with van der Waals surface area (Å²) in [6.45, 7) is 4.15. The molecule has 0 amide bonds. The Hall–Kier alpha value is -2.36. The second kappa shape index (κ2) is 5.87. The van der Waals surface area contributed by atoms with Gasteiger partial charge in [-0.15, -0.1) is 0 Å². The summed E-state index contributed by atoms with van der Waals surface area (Å²) in [6.07, 6.45) is 5.17. The number of nitrogens with zero attached hydrogens (tertiary/aromatic N) is 2. The maximum atomic E-state index is 12.5. The van der Waals surface area contributed by atoms with Crippen LogP contribution in [0.2, 0.25) is 0 Å². The van der Waals surface area contributed by atoms with Gasteiger partial charge < -0.3 is 4.79 Å². The summed E-state index contributed by atoms with van der Waals surface area (Å²) in [6, 6.07) is 9.94. The van der Waals surface area contributed by atoms with E-state index < -0.39 is 5.92 Å². The topological polar surface area (TPSA) is 59.9 Å². The molecule has 2 aliphatic carbocycles. The number of Topliss-reactive ketones (excluding diaryl/α,β-unsaturated/α-hetero) is 1. The van der Waals surface area contributed by atoms with Crippen LogP contribution in [-0.2, 0) is 21.4 Å². The molecule has 0 bridgehead atoms. The number of aryl methyl sites for hydroxylation is 1. The standard InChI is InChI=1S/C21H22N2O2/c1-13-17-9-8-15-11-22-20(14-6-4-3-5-7-14)23-19(15)21(17,2)10-16(12-24)18(13)25/h3-7,11-13,16-17H,8-10H2,1-2H3/t13-,16?,17-,21-/m0/s1. The van der Waals surface area contributed by atoms with Crippen LogP contribution in [0.4, 0.5) is 0 Å². The predicted molar refractivity (Wildman–Crippen MR) is 95.0 cm³/mol. The minimum Gasteiger partial charge on any atom is -0.303 e. The highest BCUT2D eigenvalue weighted by atomic mass is 16.1. The van der Waals surface area contributed by atoms with Gasteiger partial charge in [0, 0.05) is 23.1 Å². The molecule has 2 aromatic rings. The molecule has 128 valence electrons. The fourth-order valence-electron chi connectivity index (χ4n) is 4.87. The maximum absolute atomic E-state index is 12.5. The van der Waals surface area contributed by atoms with Crippen molar-refractivity contribution in [3.8, 4) is 11.4 Å². The molecule has 4 heteroatoms. The largest absolute Gasteiger partial charge is 0.303 e. The van der Waals surface area contributed by atoms with Crippen LogP contribution in [0, 0.1) is 17.8 Å². The third-order valence-electron chi connectivity index (χ3n) is 6.21. The Morgan fingerprint density at radius 3 is 2.72 bits per heavy atom. The number of carbonyl (C=O) groups is 2. The Kier molecular flexibility index (Phi) is 3.78. The lowest BCUT2D eigenvalue weighted by atomic mass is 9.54. The van der Waals surface area contributed by atoms with Crippen LogP contribution in [0.15, 0.2) is 36.5 Å². The molecule has 1 aromatic carbocycles. The van der Waals surface area contributed by atoms with Crippen LogP contribution < -0.4 is 0 Å². The number of benzene rings is 1. The number of carbonyl (C=O) groups excluding carboxylic acids is 2. The molecular weight excluding hydrogens is 312 g/mol. The van der Waals surface area contributed by atoms with Crippen LogP contribution in [0.5, 0.6) is 0 Å². The van der Waals surface area contributed by atoms with Crippen LogP contribution >= 0.6 is 0 Å². The van der Waals surface area contributed by atoms with Gasteiger partial charge in [-0.05, 0) is 30.7 Å². The van der Waals surface area contributed by atoms with E-state index in [1.165, 1.54) is 0 Å². The first kappa shape index (κ1) is 16.1. The third-order valence-corrected chi connectivity index (χ3v) is 6.21. The zero-order valence-corrected chi connectivity index (χ0v) is 14.6. The fourth-order valence-corrected chi connectivity index (χ4v) is 4.87. The highest BCUT2D eigenvalue weighted by Crippen LogP contribution is 2.51. The number of hydrogen-bond acceptors (Lipinski definition) is 4. The summed E-state index contributed by atoms with van der Waals surface area (Å²) in [5, 5.41) is 0. The first-order chi connectivity index (χ1) is 12.0. The summed E-state index contributed by atoms with van der Waals surface area (Å²) in [5.74, 6) is 0.434. The molecule has 4 atom stereocenters. The molecule has 4 nitrogen and oxygen atoms in total. The number of aromatic nitrogens is 2. The van der Waals surface area contributed by atoms with Gasteiger partial charge in [0.2, 0.25) is 0 Å². The zero-order chi connectivity index (χ0) is 17.6. The van der Waals surface area contributed by atoms with Crippen LogP contribution in [0.25, 0.3) is 11.4 Å². The molecule has 0 aliphatic heterocycles. The lowest BCUT2D eigenvalue weighted by molar-refractivity contribution is -0.137. The monoisotopic (exact) mass is 334 g/mol. The van der Waals surface area contributed by atoms with Crippen LogP contribution in [-0.4, -0.2) is 22.0 Å². The smallest absolute Gasteiger partial charge is 0.159 e. The average molecular weight is 334 g/mol. The minimum atomic E-state index is -0.516. The van der Waals surface area contributed by atoms with Gasteiger partial charge in [0.15, 0.2) is 5.82 Å². The van der Waals surface area contributed by atoms with Gasteiger partial charge >= 0.3 is 0 Å². The van der Waals surface area contributed by atoms with Crippen molar-refractivity contribution in [2.75, 3.05) is 0 Å². The molecule has 0 saturated heterocycles. The van der Waals surface area contributed by atoms with Gasteiger partial charge in [0.05, 0.1) is 11.6 Å². The number of rotatable bonds is 2. The van der Waals surface area contributed by atoms with Crippen LogP contribution in [0.1, 0.15) is 37.9 Å². The first-order valence-electron chi connectivity index (χ1n) is 8.95. The van der Waals surface area contributed by atoms with Crippen LogP contribution in [0.3, 0.4) is 0 Å². The van der Waals surface area contributed by atoms with E-state index in [9.17, 15) is 9.59 Å². The van der Waals surface area contributed by atoms with Gasteiger partial charge in [-0.2, -0.15) is 0 Å². The first-order valence-corrected chi connectivity index (χ1v) is 8.95. The quantitative estimate of drug-likeness (QED) is 0.624. The van der Waals surface area contributed by atoms with Crippen molar-refractivity contribution in [2.24, 2.45) is 17.8 Å². The fraction of sp³-hybridized carbons (Fsp3) is 0.429. The molecule has 1 unspecified atom stereocenters. The Morgan fingerprint density at radius 2 is 2.00 bits per heavy atom.